The van der Waals surface area contributed by atoms with Crippen LogP contribution in [0.2, 0.25) is 5.02 Å². The van der Waals surface area contributed by atoms with Gasteiger partial charge < -0.3 is 5.32 Å². The average Bonchev–Trinajstić information content (AvgIpc) is 2.78. The Labute approximate surface area is 207 Å². The predicted octanol–water partition coefficient (Wildman–Crippen LogP) is 6.02. The molecule has 180 valence electrons. The highest BCUT2D eigenvalue weighted by atomic mass is 35.5. The number of benzene rings is 3. The van der Waals surface area contributed by atoms with Crippen molar-refractivity contribution in [2.45, 2.75) is 51.0 Å². The molecule has 0 aliphatic carbocycles. The third-order valence-corrected chi connectivity index (χ3v) is 7.75. The van der Waals surface area contributed by atoms with Gasteiger partial charge in [-0.25, -0.2) is 8.42 Å². The maximum absolute atomic E-state index is 13.5. The van der Waals surface area contributed by atoms with Crippen LogP contribution in [0.3, 0.4) is 0 Å². The first-order valence-electron chi connectivity index (χ1n) is 11.1. The molecule has 1 amide bonds. The average molecular weight is 499 g/mol. The first-order valence-corrected chi connectivity index (χ1v) is 12.9. The van der Waals surface area contributed by atoms with E-state index in [9.17, 15) is 13.2 Å². The second-order valence-electron chi connectivity index (χ2n) is 9.41. The zero-order valence-corrected chi connectivity index (χ0v) is 21.7. The van der Waals surface area contributed by atoms with Crippen LogP contribution in [-0.4, -0.2) is 20.9 Å². The summed E-state index contributed by atoms with van der Waals surface area (Å²) in [6.45, 7) is 9.80. The zero-order valence-electron chi connectivity index (χ0n) is 20.2. The van der Waals surface area contributed by atoms with E-state index >= 15 is 0 Å². The van der Waals surface area contributed by atoms with Gasteiger partial charge in [0.1, 0.15) is 6.54 Å². The Bertz CT molecular complexity index is 1250. The van der Waals surface area contributed by atoms with E-state index in [0.717, 1.165) is 15.4 Å². The smallest absolute Gasteiger partial charge is 0.264 e. The lowest BCUT2D eigenvalue weighted by Crippen LogP contribution is -2.41. The molecule has 0 radical (unpaired) electrons. The lowest BCUT2D eigenvalue weighted by Gasteiger charge is -2.26. The van der Waals surface area contributed by atoms with E-state index in [0.29, 0.717) is 10.7 Å². The van der Waals surface area contributed by atoms with Crippen molar-refractivity contribution in [1.29, 1.82) is 0 Å². The summed E-state index contributed by atoms with van der Waals surface area (Å²) in [5, 5.41) is 3.38. The zero-order chi connectivity index (χ0) is 25.1. The number of anilines is 1. The quantitative estimate of drug-likeness (QED) is 0.433. The van der Waals surface area contributed by atoms with E-state index in [4.69, 9.17) is 11.6 Å². The van der Waals surface area contributed by atoms with Crippen molar-refractivity contribution < 1.29 is 13.2 Å². The number of para-hydroxylation sites is 1. The van der Waals surface area contributed by atoms with Gasteiger partial charge in [0.25, 0.3) is 10.0 Å². The first kappa shape index (κ1) is 25.8. The summed E-state index contributed by atoms with van der Waals surface area (Å²) in [6.07, 6.45) is 0. The van der Waals surface area contributed by atoms with Crippen LogP contribution in [0.1, 0.15) is 50.4 Å². The van der Waals surface area contributed by atoms with Gasteiger partial charge in [-0.1, -0.05) is 74.8 Å². The van der Waals surface area contributed by atoms with Gasteiger partial charge in [0.2, 0.25) is 5.91 Å². The Balaban J connectivity index is 1.86. The van der Waals surface area contributed by atoms with Crippen molar-refractivity contribution in [2.75, 3.05) is 10.8 Å². The molecule has 3 rings (SSSR count). The minimum absolute atomic E-state index is 0.0368. The van der Waals surface area contributed by atoms with Gasteiger partial charge in [-0.3, -0.25) is 9.10 Å². The summed E-state index contributed by atoms with van der Waals surface area (Å²) in [6, 6.07) is 20.9. The number of hydrogen-bond donors (Lipinski definition) is 1. The number of nitrogens with zero attached hydrogens (tertiary/aromatic N) is 1. The number of nitrogens with one attached hydrogen (secondary N) is 1. The molecule has 0 saturated heterocycles. The van der Waals surface area contributed by atoms with Crippen molar-refractivity contribution >= 4 is 33.2 Å². The van der Waals surface area contributed by atoms with Gasteiger partial charge in [-0.2, -0.15) is 0 Å². The van der Waals surface area contributed by atoms with Crippen LogP contribution in [0.25, 0.3) is 0 Å². The fraction of sp³-hybridized carbons (Fsp3) is 0.296. The van der Waals surface area contributed by atoms with Crippen molar-refractivity contribution in [3.05, 3.63) is 94.5 Å². The highest BCUT2D eigenvalue weighted by molar-refractivity contribution is 7.92. The lowest BCUT2D eigenvalue weighted by atomic mass is 9.86. The molecule has 5 nitrogen and oxygen atoms in total. The summed E-state index contributed by atoms with van der Waals surface area (Å²) in [4.78, 5) is 13.1. The van der Waals surface area contributed by atoms with Gasteiger partial charge in [0.15, 0.2) is 0 Å². The fourth-order valence-corrected chi connectivity index (χ4v) is 5.26. The van der Waals surface area contributed by atoms with E-state index in [1.54, 1.807) is 12.1 Å². The highest BCUT2D eigenvalue weighted by Crippen LogP contribution is 2.28. The second kappa shape index (κ2) is 10.2. The maximum atomic E-state index is 13.5. The van der Waals surface area contributed by atoms with Crippen LogP contribution in [0, 0.1) is 6.92 Å². The Morgan fingerprint density at radius 1 is 0.971 bits per heavy atom. The normalized spacial score (nSPS) is 12.8. The van der Waals surface area contributed by atoms with Gasteiger partial charge >= 0.3 is 0 Å². The van der Waals surface area contributed by atoms with E-state index < -0.39 is 15.9 Å². The molecule has 1 unspecified atom stereocenters. The van der Waals surface area contributed by atoms with Gasteiger partial charge in [0.05, 0.1) is 16.6 Å². The molecule has 1 N–H and O–H groups in total. The molecular weight excluding hydrogens is 468 g/mol. The van der Waals surface area contributed by atoms with Crippen molar-refractivity contribution in [3.63, 3.8) is 0 Å². The minimum atomic E-state index is -4.00. The number of carbonyl (C=O) groups excluding carboxylic acids is 1. The summed E-state index contributed by atoms with van der Waals surface area (Å²) < 4.78 is 28.2. The third-order valence-electron chi connectivity index (χ3n) is 5.73. The lowest BCUT2D eigenvalue weighted by molar-refractivity contribution is -0.120. The van der Waals surface area contributed by atoms with Crippen LogP contribution in [0.4, 0.5) is 5.69 Å². The molecule has 1 atom stereocenters. The second-order valence-corrected chi connectivity index (χ2v) is 11.7. The van der Waals surface area contributed by atoms with Crippen LogP contribution in [0.5, 0.6) is 0 Å². The highest BCUT2D eigenvalue weighted by Gasteiger charge is 2.28. The van der Waals surface area contributed by atoms with Crippen molar-refractivity contribution in [3.8, 4) is 0 Å². The maximum Gasteiger partial charge on any atom is 0.264 e. The number of hydrogen-bond acceptors (Lipinski definition) is 3. The van der Waals surface area contributed by atoms with Gasteiger partial charge in [0, 0.05) is 5.02 Å². The van der Waals surface area contributed by atoms with Gasteiger partial charge in [-0.15, -0.1) is 0 Å². The molecule has 0 saturated carbocycles. The molecule has 0 bridgehead atoms. The Hall–Kier alpha value is -2.83. The molecule has 0 aliphatic heterocycles. The monoisotopic (exact) mass is 498 g/mol. The molecular formula is C27H31ClN2O3S. The van der Waals surface area contributed by atoms with E-state index in [-0.39, 0.29) is 22.9 Å². The molecule has 34 heavy (non-hydrogen) atoms. The van der Waals surface area contributed by atoms with Crippen molar-refractivity contribution in [2.24, 2.45) is 0 Å². The Morgan fingerprint density at radius 2 is 1.56 bits per heavy atom. The van der Waals surface area contributed by atoms with Crippen molar-refractivity contribution in [1.82, 2.24) is 5.32 Å². The SMILES string of the molecule is Cc1ccccc1N(CC(=O)NC(C)c1ccc(C(C)(C)C)cc1)S(=O)(=O)c1ccc(Cl)cc1. The predicted molar refractivity (Wildman–Crippen MR) is 139 cm³/mol. The Morgan fingerprint density at radius 3 is 2.12 bits per heavy atom. The number of rotatable bonds is 7. The Kier molecular flexibility index (Phi) is 7.74. The number of aryl methyl sites for hydroxylation is 1. The standard InChI is InChI=1S/C27H31ClN2O3S/c1-19-8-6-7-9-25(19)30(34(32,33)24-16-14-23(28)15-17-24)18-26(31)29-20(2)21-10-12-22(13-11-21)27(3,4)5/h6-17,20H,18H2,1-5H3,(H,29,31). The van der Waals surface area contributed by atoms with E-state index in [2.05, 4.69) is 38.2 Å². The molecule has 3 aromatic carbocycles. The topological polar surface area (TPSA) is 66.5 Å². The van der Waals surface area contributed by atoms with Crippen LogP contribution < -0.4 is 9.62 Å². The summed E-state index contributed by atoms with van der Waals surface area (Å²) >= 11 is 5.95. The summed E-state index contributed by atoms with van der Waals surface area (Å²) in [5.41, 5.74) is 3.39. The number of sulfonamides is 1. The van der Waals surface area contributed by atoms with Crippen LogP contribution in [0.15, 0.2) is 77.7 Å². The first-order chi connectivity index (χ1) is 15.9. The molecule has 0 aromatic heterocycles. The largest absolute Gasteiger partial charge is 0.348 e. The minimum Gasteiger partial charge on any atom is -0.348 e. The summed E-state index contributed by atoms with van der Waals surface area (Å²) in [5.74, 6) is -0.395. The molecule has 0 heterocycles. The van der Waals surface area contributed by atoms with Crippen LogP contribution in [-0.2, 0) is 20.2 Å². The number of halogens is 1. The molecule has 0 fully saturated rings. The van der Waals surface area contributed by atoms with E-state index in [1.165, 1.54) is 29.8 Å². The third kappa shape index (κ3) is 5.99. The number of amides is 1. The van der Waals surface area contributed by atoms with Gasteiger partial charge in [-0.05, 0) is 66.3 Å². The molecule has 0 spiro atoms. The fourth-order valence-electron chi connectivity index (χ4n) is 3.65. The summed E-state index contributed by atoms with van der Waals surface area (Å²) in [7, 11) is -4.00. The molecule has 7 heteroatoms. The molecule has 3 aromatic rings. The van der Waals surface area contributed by atoms with E-state index in [1.807, 2.05) is 38.1 Å². The molecule has 0 aliphatic rings. The number of carbonyl (C=O) groups is 1. The van der Waals surface area contributed by atoms with Crippen LogP contribution >= 0.6 is 11.6 Å².